The van der Waals surface area contributed by atoms with Crippen molar-refractivity contribution in [3.63, 3.8) is 0 Å². The van der Waals surface area contributed by atoms with Crippen LogP contribution in [0.25, 0.3) is 6.08 Å². The molecule has 5 N–H and O–H groups in total. The summed E-state index contributed by atoms with van der Waals surface area (Å²) >= 11 is 6.35. The van der Waals surface area contributed by atoms with E-state index in [0.29, 0.717) is 0 Å². The summed E-state index contributed by atoms with van der Waals surface area (Å²) in [5.74, 6) is 0. The predicted molar refractivity (Wildman–Crippen MR) is 102 cm³/mol. The molecule has 0 amide bonds. The van der Waals surface area contributed by atoms with E-state index in [4.69, 9.17) is 23.1 Å². The van der Waals surface area contributed by atoms with Crippen LogP contribution in [-0.4, -0.2) is 19.0 Å². The lowest BCUT2D eigenvalue weighted by atomic mass is 9.84. The molecular formula is C19H23ClN4. The molecule has 1 atom stereocenters. The van der Waals surface area contributed by atoms with Gasteiger partial charge in [-0.2, -0.15) is 0 Å². The number of nitrogens with zero attached hydrogens (tertiary/aromatic N) is 1. The molecule has 0 aromatic heterocycles. The average Bonchev–Trinajstić information content (AvgIpc) is 2.53. The first-order valence-electron chi connectivity index (χ1n) is 7.89. The second kappa shape index (κ2) is 6.13. The van der Waals surface area contributed by atoms with Crippen LogP contribution in [0, 0.1) is 6.92 Å². The summed E-state index contributed by atoms with van der Waals surface area (Å²) in [5.41, 5.74) is 18.0. The number of hydrogen-bond donors (Lipinski definition) is 3. The Kier molecular flexibility index (Phi) is 4.30. The second-order valence-electron chi connectivity index (χ2n) is 6.59. The quantitative estimate of drug-likeness (QED) is 0.750. The summed E-state index contributed by atoms with van der Waals surface area (Å²) in [6.07, 6.45) is 3.83. The minimum atomic E-state index is -0.836. The van der Waals surface area contributed by atoms with E-state index in [0.717, 1.165) is 45.1 Å². The average molecular weight is 343 g/mol. The van der Waals surface area contributed by atoms with Crippen LogP contribution in [0.1, 0.15) is 27.8 Å². The van der Waals surface area contributed by atoms with Crippen LogP contribution in [0.2, 0.25) is 5.02 Å². The summed E-state index contributed by atoms with van der Waals surface area (Å²) in [5, 5.41) is 4.04. The second-order valence-corrected chi connectivity index (χ2v) is 6.99. The highest BCUT2D eigenvalue weighted by molar-refractivity contribution is 6.31. The monoisotopic (exact) mass is 342 g/mol. The topological polar surface area (TPSA) is 67.3 Å². The normalized spacial score (nSPS) is 19.2. The number of anilines is 1. The van der Waals surface area contributed by atoms with Crippen LogP contribution in [0.5, 0.6) is 0 Å². The van der Waals surface area contributed by atoms with Crippen LogP contribution in [0.15, 0.2) is 36.5 Å². The molecule has 0 saturated heterocycles. The Labute approximate surface area is 148 Å². The van der Waals surface area contributed by atoms with Gasteiger partial charge in [0.1, 0.15) is 5.66 Å². The van der Waals surface area contributed by atoms with Crippen LogP contribution in [-0.2, 0) is 12.2 Å². The maximum Gasteiger partial charge on any atom is 0.139 e. The maximum atomic E-state index is 6.79. The first kappa shape index (κ1) is 16.8. The van der Waals surface area contributed by atoms with Crippen molar-refractivity contribution in [1.82, 2.24) is 10.2 Å². The molecule has 0 fully saturated rings. The molecule has 126 valence electrons. The zero-order chi connectivity index (χ0) is 17.5. The number of rotatable bonds is 3. The predicted octanol–water partition coefficient (Wildman–Crippen LogP) is 3.03. The van der Waals surface area contributed by atoms with Crippen molar-refractivity contribution in [2.75, 3.05) is 19.8 Å². The minimum Gasteiger partial charge on any atom is -0.398 e. The third-order valence-corrected chi connectivity index (χ3v) is 4.85. The van der Waals surface area contributed by atoms with Gasteiger partial charge in [0.15, 0.2) is 0 Å². The Hall–Kier alpha value is -2.01. The number of nitrogens with one attached hydrogen (secondary N) is 1. The summed E-state index contributed by atoms with van der Waals surface area (Å²) in [6, 6.07) is 9.98. The summed E-state index contributed by atoms with van der Waals surface area (Å²) in [7, 11) is 4.03. The lowest BCUT2D eigenvalue weighted by Crippen LogP contribution is -2.51. The molecule has 0 aliphatic carbocycles. The van der Waals surface area contributed by atoms with Gasteiger partial charge in [-0.25, -0.2) is 0 Å². The fourth-order valence-electron chi connectivity index (χ4n) is 3.12. The molecule has 1 unspecified atom stereocenters. The molecule has 1 heterocycles. The van der Waals surface area contributed by atoms with Gasteiger partial charge in [0, 0.05) is 28.4 Å². The summed E-state index contributed by atoms with van der Waals surface area (Å²) in [4.78, 5) is 2.08. The van der Waals surface area contributed by atoms with Gasteiger partial charge in [-0.3, -0.25) is 0 Å². The number of halogens is 1. The van der Waals surface area contributed by atoms with Gasteiger partial charge in [-0.1, -0.05) is 29.8 Å². The molecule has 2 aromatic carbocycles. The fraction of sp³-hybridized carbons (Fsp3) is 0.263. The molecule has 24 heavy (non-hydrogen) atoms. The Morgan fingerprint density at radius 3 is 2.67 bits per heavy atom. The van der Waals surface area contributed by atoms with E-state index in [-0.39, 0.29) is 0 Å². The van der Waals surface area contributed by atoms with Gasteiger partial charge in [-0.05, 0) is 62.1 Å². The molecule has 1 aliphatic rings. The third-order valence-electron chi connectivity index (χ3n) is 4.48. The highest BCUT2D eigenvalue weighted by Gasteiger charge is 2.34. The molecule has 0 bridgehead atoms. The van der Waals surface area contributed by atoms with E-state index >= 15 is 0 Å². The van der Waals surface area contributed by atoms with E-state index in [1.807, 2.05) is 57.6 Å². The number of nitrogen functional groups attached to an aromatic ring is 1. The first-order valence-corrected chi connectivity index (χ1v) is 8.27. The first-order chi connectivity index (χ1) is 11.3. The Balaban J connectivity index is 2.14. The standard InChI is InChI=1S/C19H23ClN4/c1-12-4-6-16-15(18(12)21)8-9-23-19(16,22)14-5-7-17(20)13(10-14)11-24(2)3/h4-10,23H,11,21-22H2,1-3H3. The van der Waals surface area contributed by atoms with Crippen molar-refractivity contribution in [2.24, 2.45) is 5.73 Å². The molecule has 0 spiro atoms. The summed E-state index contributed by atoms with van der Waals surface area (Å²) < 4.78 is 0. The molecule has 3 rings (SSSR count). The van der Waals surface area contributed by atoms with Crippen molar-refractivity contribution in [3.8, 4) is 0 Å². The van der Waals surface area contributed by atoms with Gasteiger partial charge in [0.25, 0.3) is 0 Å². The van der Waals surface area contributed by atoms with Crippen molar-refractivity contribution in [1.29, 1.82) is 0 Å². The van der Waals surface area contributed by atoms with Crippen molar-refractivity contribution in [3.05, 3.63) is 69.4 Å². The van der Waals surface area contributed by atoms with Crippen LogP contribution >= 0.6 is 11.6 Å². The number of nitrogens with two attached hydrogens (primary N) is 2. The molecule has 2 aromatic rings. The number of benzene rings is 2. The van der Waals surface area contributed by atoms with E-state index in [9.17, 15) is 0 Å². The van der Waals surface area contributed by atoms with Gasteiger partial charge < -0.3 is 21.7 Å². The van der Waals surface area contributed by atoms with Crippen molar-refractivity contribution < 1.29 is 0 Å². The lowest BCUT2D eigenvalue weighted by Gasteiger charge is -2.36. The van der Waals surface area contributed by atoms with Crippen molar-refractivity contribution in [2.45, 2.75) is 19.1 Å². The highest BCUT2D eigenvalue weighted by Crippen LogP contribution is 2.36. The van der Waals surface area contributed by atoms with Crippen LogP contribution in [0.4, 0.5) is 5.69 Å². The van der Waals surface area contributed by atoms with Gasteiger partial charge >= 0.3 is 0 Å². The largest absolute Gasteiger partial charge is 0.398 e. The zero-order valence-corrected chi connectivity index (χ0v) is 15.0. The lowest BCUT2D eigenvalue weighted by molar-refractivity contribution is 0.401. The van der Waals surface area contributed by atoms with Crippen LogP contribution < -0.4 is 16.8 Å². The molecule has 5 heteroatoms. The molecular weight excluding hydrogens is 320 g/mol. The smallest absolute Gasteiger partial charge is 0.139 e. The Morgan fingerprint density at radius 2 is 1.96 bits per heavy atom. The minimum absolute atomic E-state index is 0.742. The number of aryl methyl sites for hydroxylation is 1. The Morgan fingerprint density at radius 1 is 1.21 bits per heavy atom. The van der Waals surface area contributed by atoms with E-state index in [1.54, 1.807) is 0 Å². The summed E-state index contributed by atoms with van der Waals surface area (Å²) in [6.45, 7) is 2.75. The maximum absolute atomic E-state index is 6.79. The zero-order valence-electron chi connectivity index (χ0n) is 14.2. The number of hydrogen-bond acceptors (Lipinski definition) is 4. The van der Waals surface area contributed by atoms with Gasteiger partial charge in [0.05, 0.1) is 0 Å². The van der Waals surface area contributed by atoms with E-state index in [1.165, 1.54) is 0 Å². The molecule has 0 radical (unpaired) electrons. The van der Waals surface area contributed by atoms with Gasteiger partial charge in [0.2, 0.25) is 0 Å². The number of fused-ring (bicyclic) bond motifs is 1. The van der Waals surface area contributed by atoms with Crippen molar-refractivity contribution >= 4 is 23.4 Å². The molecule has 4 nitrogen and oxygen atoms in total. The van der Waals surface area contributed by atoms with E-state index < -0.39 is 5.66 Å². The SMILES string of the molecule is Cc1ccc2c(c1N)C=CNC2(N)c1ccc(Cl)c(CN(C)C)c1. The van der Waals surface area contributed by atoms with Crippen LogP contribution in [0.3, 0.4) is 0 Å². The fourth-order valence-corrected chi connectivity index (χ4v) is 3.30. The van der Waals surface area contributed by atoms with E-state index in [2.05, 4.69) is 16.3 Å². The highest BCUT2D eigenvalue weighted by atomic mass is 35.5. The molecule has 1 aliphatic heterocycles. The molecule has 0 saturated carbocycles. The third kappa shape index (κ3) is 2.77. The Bertz CT molecular complexity index is 813. The van der Waals surface area contributed by atoms with Gasteiger partial charge in [-0.15, -0.1) is 0 Å².